The topological polar surface area (TPSA) is 134 Å². The Balaban J connectivity index is 1.54. The third-order valence-electron chi connectivity index (χ3n) is 15.9. The van der Waals surface area contributed by atoms with Gasteiger partial charge >= 0.3 is 0 Å². The van der Waals surface area contributed by atoms with E-state index >= 15 is 0 Å². The highest BCUT2D eigenvalue weighted by Crippen LogP contribution is 2.42. The predicted molar refractivity (Wildman–Crippen MR) is 300 cm³/mol. The number of nitrogens with one attached hydrogen (secondary N) is 2. The number of fused-ring (bicyclic) bond motifs is 1. The van der Waals surface area contributed by atoms with E-state index in [2.05, 4.69) is 145 Å². The first kappa shape index (κ1) is 59.4. The molecule has 4 heterocycles. The van der Waals surface area contributed by atoms with Gasteiger partial charge in [-0.3, -0.25) is 34.3 Å². The van der Waals surface area contributed by atoms with Gasteiger partial charge in [-0.2, -0.15) is 0 Å². The summed E-state index contributed by atoms with van der Waals surface area (Å²) in [5.74, 6) is 1.63. The van der Waals surface area contributed by atoms with E-state index in [9.17, 15) is 14.4 Å². The summed E-state index contributed by atoms with van der Waals surface area (Å²) in [5.41, 5.74) is 11.8. The van der Waals surface area contributed by atoms with Crippen LogP contribution in [0.3, 0.4) is 0 Å². The number of aromatic nitrogens is 2. The smallest absolute Gasteiger partial charge is 0.293 e. The normalized spacial score (nSPS) is 18.9. The number of carbonyl (C=O) groups excluding carboxylic acids is 3. The Morgan fingerprint density at radius 1 is 1.04 bits per heavy atom. The number of aliphatic imine (C=N–C) groups is 1. The van der Waals surface area contributed by atoms with E-state index in [0.717, 1.165) is 121 Å². The third kappa shape index (κ3) is 15.1. The zero-order chi connectivity index (χ0) is 53.7. The molecule has 7 atom stereocenters. The minimum absolute atomic E-state index is 0.0320. The lowest BCUT2D eigenvalue weighted by Gasteiger charge is -2.36. The maximum Gasteiger partial charge on any atom is 0.293 e. The maximum absolute atomic E-state index is 14.9. The number of ether oxygens (including phenoxy) is 2. The van der Waals surface area contributed by atoms with E-state index in [-0.39, 0.29) is 48.8 Å². The summed E-state index contributed by atoms with van der Waals surface area (Å²) >= 11 is 0. The highest BCUT2D eigenvalue weighted by molar-refractivity contribution is 5.99. The van der Waals surface area contributed by atoms with Crippen molar-refractivity contribution in [3.8, 4) is 11.3 Å². The van der Waals surface area contributed by atoms with Crippen LogP contribution >= 0.6 is 0 Å². The number of methoxy groups -OCH3 is 1. The summed E-state index contributed by atoms with van der Waals surface area (Å²) in [7, 11) is 1.71. The summed E-state index contributed by atoms with van der Waals surface area (Å²) in [5, 5.41) is 6.19. The van der Waals surface area contributed by atoms with Gasteiger partial charge in [0, 0.05) is 91.6 Å². The van der Waals surface area contributed by atoms with Crippen LogP contribution in [0.2, 0.25) is 0 Å². The van der Waals surface area contributed by atoms with Crippen LogP contribution in [0.1, 0.15) is 164 Å². The Labute approximate surface area is 440 Å². The van der Waals surface area contributed by atoms with Crippen molar-refractivity contribution < 1.29 is 23.9 Å². The van der Waals surface area contributed by atoms with E-state index in [0.29, 0.717) is 43.2 Å². The molecule has 1 aromatic carbocycles. The van der Waals surface area contributed by atoms with Crippen molar-refractivity contribution in [3.05, 3.63) is 58.9 Å². The number of hydrogen-bond acceptors (Lipinski definition) is 10. The van der Waals surface area contributed by atoms with Crippen LogP contribution in [-0.4, -0.2) is 119 Å². The number of likely N-dealkylation sites (tertiary alicyclic amines) is 1. The highest BCUT2D eigenvalue weighted by atomic mass is 16.5. The first-order chi connectivity index (χ1) is 34.7. The number of allylic oxidation sites excluding steroid dienone is 1. The second-order valence-electron chi connectivity index (χ2n) is 23.1. The van der Waals surface area contributed by atoms with Gasteiger partial charge in [-0.05, 0) is 145 Å². The van der Waals surface area contributed by atoms with Crippen LogP contribution < -0.4 is 10.7 Å². The molecule has 7 unspecified atom stereocenters. The molecule has 2 fully saturated rings. The van der Waals surface area contributed by atoms with E-state index in [1.807, 2.05) is 20.0 Å². The SMILES string of the molecule is C/C=C(\N=C(CC(NC(=O)C(C(C)C)N1CCC(CN(CC)C(C)C(C)CC(C)C)C1)C(=O)N1CCCCN1)C(C)CC)c1ccc2c(c1)c(CC(C)(C)COC=O)c(-c1cc(C)cnc1C(C)OC)n2CC. The van der Waals surface area contributed by atoms with E-state index in [1.165, 1.54) is 6.42 Å². The molecule has 2 N–H and O–H groups in total. The lowest BCUT2D eigenvalue weighted by molar-refractivity contribution is -0.141. The second-order valence-corrected chi connectivity index (χ2v) is 23.1. The largest absolute Gasteiger partial charge is 0.467 e. The molecular formula is C60H96N8O5. The average Bonchev–Trinajstić information content (AvgIpc) is 3.95. The minimum atomic E-state index is -0.805. The van der Waals surface area contributed by atoms with Crippen LogP contribution in [0.15, 0.2) is 41.5 Å². The fourth-order valence-corrected chi connectivity index (χ4v) is 11.5. The molecule has 2 aliphatic rings. The minimum Gasteiger partial charge on any atom is -0.467 e. The van der Waals surface area contributed by atoms with Gasteiger partial charge in [-0.15, -0.1) is 0 Å². The second kappa shape index (κ2) is 27.4. The molecule has 406 valence electrons. The summed E-state index contributed by atoms with van der Waals surface area (Å²) < 4.78 is 13.7. The fourth-order valence-electron chi connectivity index (χ4n) is 11.5. The maximum atomic E-state index is 14.9. The number of pyridine rings is 1. The van der Waals surface area contributed by atoms with Crippen molar-refractivity contribution >= 4 is 40.6 Å². The lowest BCUT2D eigenvalue weighted by atomic mass is 9.84. The standard InChI is InChI=1S/C60H96N8O5/c1-17-42(10)52(32-53(59(71)68-27-22-21-26-62-68)64-58(70)56(40(7)8)66-28-25-46(36-66)35-65(19-3)44(12)43(11)29-39(5)6)63-51(18-2)47-23-24-54-48(31-47)50(33-60(14,15)37-73-38-69)57(67(54)20-4)49-30-41(9)34-61-55(49)45(13)72-16/h18,23-24,30-31,34,38-40,42-46,53,56,62H,17,19-22,25-29,32-33,35-37H2,1-16H3,(H,64,70)/b51-18-,63-52?. The lowest BCUT2D eigenvalue weighted by Crippen LogP contribution is -2.59. The van der Waals surface area contributed by atoms with Gasteiger partial charge in [-0.1, -0.05) is 81.4 Å². The van der Waals surface area contributed by atoms with Gasteiger partial charge in [-0.25, -0.2) is 5.43 Å². The Kier molecular flexibility index (Phi) is 22.3. The number of hydrogen-bond donors (Lipinski definition) is 2. The number of hydrazine groups is 1. The van der Waals surface area contributed by atoms with Crippen molar-refractivity contribution in [3.63, 3.8) is 0 Å². The number of carbonyl (C=O) groups is 3. The average molecular weight is 1010 g/mol. The van der Waals surface area contributed by atoms with Crippen molar-refractivity contribution in [2.24, 2.45) is 40.0 Å². The first-order valence-electron chi connectivity index (χ1n) is 28.0. The monoisotopic (exact) mass is 1010 g/mol. The number of nitrogens with zero attached hydrogens (tertiary/aromatic N) is 6. The molecule has 2 amide bonds. The Bertz CT molecular complexity index is 2350. The number of aryl methyl sites for hydroxylation is 2. The van der Waals surface area contributed by atoms with E-state index < -0.39 is 11.5 Å². The molecular weight excluding hydrogens is 913 g/mol. The van der Waals surface area contributed by atoms with Crippen molar-refractivity contribution in [2.45, 2.75) is 180 Å². The zero-order valence-corrected chi connectivity index (χ0v) is 48.1. The van der Waals surface area contributed by atoms with Crippen LogP contribution in [0.4, 0.5) is 0 Å². The van der Waals surface area contributed by atoms with Gasteiger partial charge in [0.2, 0.25) is 5.91 Å². The van der Waals surface area contributed by atoms with E-state index in [4.69, 9.17) is 19.5 Å². The number of benzene rings is 1. The quantitative estimate of drug-likeness (QED) is 0.0565. The molecule has 0 aliphatic carbocycles. The summed E-state index contributed by atoms with van der Waals surface area (Å²) in [4.78, 5) is 56.6. The van der Waals surface area contributed by atoms with Gasteiger partial charge in [0.1, 0.15) is 6.04 Å². The predicted octanol–water partition coefficient (Wildman–Crippen LogP) is 11.1. The van der Waals surface area contributed by atoms with Gasteiger partial charge in [0.15, 0.2) is 0 Å². The molecule has 2 saturated heterocycles. The Hall–Kier alpha value is -4.43. The molecule has 13 nitrogen and oxygen atoms in total. The highest BCUT2D eigenvalue weighted by Gasteiger charge is 2.39. The molecule has 2 aromatic heterocycles. The Morgan fingerprint density at radius 3 is 2.38 bits per heavy atom. The van der Waals surface area contributed by atoms with Crippen LogP contribution in [0, 0.1) is 41.9 Å². The molecule has 0 bridgehead atoms. The number of amides is 2. The zero-order valence-electron chi connectivity index (χ0n) is 48.1. The Morgan fingerprint density at radius 2 is 1.78 bits per heavy atom. The summed E-state index contributed by atoms with van der Waals surface area (Å²) in [6.07, 6.45) is 9.60. The molecule has 3 aromatic rings. The van der Waals surface area contributed by atoms with Crippen molar-refractivity contribution in [1.29, 1.82) is 0 Å². The number of rotatable bonds is 27. The van der Waals surface area contributed by atoms with Gasteiger partial charge in [0.05, 0.1) is 35.8 Å². The summed E-state index contributed by atoms with van der Waals surface area (Å²) in [6, 6.07) is 8.12. The molecule has 0 radical (unpaired) electrons. The van der Waals surface area contributed by atoms with Crippen molar-refractivity contribution in [2.75, 3.05) is 53.0 Å². The van der Waals surface area contributed by atoms with Crippen LogP contribution in [0.25, 0.3) is 27.9 Å². The third-order valence-corrected chi connectivity index (χ3v) is 15.9. The molecule has 0 spiro atoms. The van der Waals surface area contributed by atoms with E-state index in [1.54, 1.807) is 12.1 Å². The van der Waals surface area contributed by atoms with Crippen LogP contribution in [-0.2, 0) is 36.8 Å². The molecule has 73 heavy (non-hydrogen) atoms. The first-order valence-corrected chi connectivity index (χ1v) is 28.0. The molecule has 5 rings (SSSR count). The molecule has 13 heteroatoms. The molecule has 0 saturated carbocycles. The fraction of sp³-hybridized carbons (Fsp3) is 0.683. The van der Waals surface area contributed by atoms with Crippen molar-refractivity contribution in [1.82, 2.24) is 35.1 Å². The molecule has 2 aliphatic heterocycles. The van der Waals surface area contributed by atoms with Gasteiger partial charge in [0.25, 0.3) is 12.4 Å². The van der Waals surface area contributed by atoms with Gasteiger partial charge < -0.3 is 24.3 Å². The van der Waals surface area contributed by atoms with Crippen LogP contribution in [0.5, 0.6) is 0 Å². The summed E-state index contributed by atoms with van der Waals surface area (Å²) in [6.45, 7) is 39.4.